The lowest BCUT2D eigenvalue weighted by Crippen LogP contribution is -2.47. The molecular weight excluding hydrogens is 384 g/mol. The van der Waals surface area contributed by atoms with Crippen molar-refractivity contribution in [2.75, 3.05) is 26.2 Å². The van der Waals surface area contributed by atoms with E-state index in [1.807, 2.05) is 39.6 Å². The van der Waals surface area contributed by atoms with Crippen LogP contribution < -0.4 is 0 Å². The molecule has 5 rings (SSSR count). The van der Waals surface area contributed by atoms with Crippen LogP contribution in [0.15, 0.2) is 41.4 Å². The molecule has 0 radical (unpaired) electrons. The van der Waals surface area contributed by atoms with Crippen molar-refractivity contribution in [2.24, 2.45) is 5.41 Å². The number of benzene rings is 1. The first-order chi connectivity index (χ1) is 14.1. The Morgan fingerprint density at radius 2 is 2.00 bits per heavy atom. The van der Waals surface area contributed by atoms with Crippen LogP contribution in [0.25, 0.3) is 10.9 Å². The van der Waals surface area contributed by atoms with Crippen molar-refractivity contribution in [3.8, 4) is 0 Å². The summed E-state index contributed by atoms with van der Waals surface area (Å²) in [5, 5.41) is 2.93. The highest BCUT2D eigenvalue weighted by Gasteiger charge is 2.44. The van der Waals surface area contributed by atoms with Gasteiger partial charge in [0.1, 0.15) is 5.69 Å². The molecule has 0 aliphatic carbocycles. The number of rotatable bonds is 3. The largest absolute Gasteiger partial charge is 0.361 e. The minimum absolute atomic E-state index is 0.0221. The fourth-order valence-corrected chi connectivity index (χ4v) is 5.42. The number of likely N-dealkylation sites (tertiary alicyclic amines) is 2. The van der Waals surface area contributed by atoms with Crippen LogP contribution in [0.2, 0.25) is 0 Å². The van der Waals surface area contributed by atoms with E-state index in [0.717, 1.165) is 61.9 Å². The Hall–Kier alpha value is -2.67. The first-order valence-electron chi connectivity index (χ1n) is 10.1. The summed E-state index contributed by atoms with van der Waals surface area (Å²) >= 11 is 1.45. The molecule has 29 heavy (non-hydrogen) atoms. The highest BCUT2D eigenvalue weighted by molar-refractivity contribution is 7.07. The summed E-state index contributed by atoms with van der Waals surface area (Å²) in [5.74, 6) is 0.198. The summed E-state index contributed by atoms with van der Waals surface area (Å²) in [5.41, 5.74) is 4.39. The second-order valence-electron chi connectivity index (χ2n) is 8.31. The van der Waals surface area contributed by atoms with Crippen LogP contribution in [0.4, 0.5) is 0 Å². The Kier molecular flexibility index (Phi) is 4.62. The topological polar surface area (TPSA) is 69.3 Å². The summed E-state index contributed by atoms with van der Waals surface area (Å²) < 4.78 is 0. The van der Waals surface area contributed by atoms with E-state index < -0.39 is 0 Å². The normalized spacial score (nSPS) is 21.9. The second kappa shape index (κ2) is 7.30. The smallest absolute Gasteiger partial charge is 0.273 e. The molecule has 0 saturated carbocycles. The van der Waals surface area contributed by atoms with E-state index in [0.29, 0.717) is 12.1 Å². The van der Waals surface area contributed by atoms with Gasteiger partial charge in [-0.3, -0.25) is 9.59 Å². The molecule has 2 aromatic heterocycles. The lowest BCUT2D eigenvalue weighted by atomic mass is 9.79. The maximum atomic E-state index is 13.0. The monoisotopic (exact) mass is 408 g/mol. The molecule has 4 heterocycles. The number of aromatic amines is 1. The highest BCUT2D eigenvalue weighted by Crippen LogP contribution is 2.39. The van der Waals surface area contributed by atoms with Gasteiger partial charge in [0.25, 0.3) is 5.91 Å². The molecule has 7 heteroatoms. The lowest BCUT2D eigenvalue weighted by molar-refractivity contribution is -0.129. The quantitative estimate of drug-likeness (QED) is 0.723. The van der Waals surface area contributed by atoms with Gasteiger partial charge in [-0.25, -0.2) is 4.98 Å². The van der Waals surface area contributed by atoms with Crippen LogP contribution in [-0.4, -0.2) is 57.8 Å². The zero-order valence-corrected chi connectivity index (χ0v) is 17.1. The summed E-state index contributed by atoms with van der Waals surface area (Å²) in [6, 6.07) is 8.09. The molecule has 2 fully saturated rings. The fourth-order valence-electron chi connectivity index (χ4n) is 4.90. The molecule has 1 N–H and O–H groups in total. The van der Waals surface area contributed by atoms with E-state index in [2.05, 4.69) is 16.0 Å². The van der Waals surface area contributed by atoms with Crippen LogP contribution in [0, 0.1) is 5.41 Å². The van der Waals surface area contributed by atoms with Crippen LogP contribution in [0.1, 0.15) is 35.3 Å². The van der Waals surface area contributed by atoms with E-state index >= 15 is 0 Å². The van der Waals surface area contributed by atoms with Crippen LogP contribution in [0.5, 0.6) is 0 Å². The maximum Gasteiger partial charge on any atom is 0.273 e. The van der Waals surface area contributed by atoms with E-state index in [1.165, 1.54) is 11.3 Å². The van der Waals surface area contributed by atoms with Crippen molar-refractivity contribution in [1.82, 2.24) is 19.8 Å². The lowest BCUT2D eigenvalue weighted by Gasteiger charge is -2.40. The Labute approximate surface area is 173 Å². The van der Waals surface area contributed by atoms with Crippen molar-refractivity contribution < 1.29 is 9.59 Å². The van der Waals surface area contributed by atoms with Crippen molar-refractivity contribution in [1.29, 1.82) is 0 Å². The highest BCUT2D eigenvalue weighted by atomic mass is 32.1. The summed E-state index contributed by atoms with van der Waals surface area (Å²) in [7, 11) is 0. The average Bonchev–Trinajstić information content (AvgIpc) is 3.49. The van der Waals surface area contributed by atoms with Gasteiger partial charge < -0.3 is 14.8 Å². The molecular formula is C22H24N4O2S. The minimum atomic E-state index is 0.0221. The van der Waals surface area contributed by atoms with Gasteiger partial charge in [0, 0.05) is 54.1 Å². The van der Waals surface area contributed by atoms with E-state index in [9.17, 15) is 9.59 Å². The number of hydrogen-bond donors (Lipinski definition) is 1. The van der Waals surface area contributed by atoms with Gasteiger partial charge in [0.15, 0.2) is 0 Å². The number of thiazole rings is 1. The number of carbonyl (C=O) groups is 2. The summed E-state index contributed by atoms with van der Waals surface area (Å²) in [6.45, 7) is 3.02. The predicted octanol–water partition coefficient (Wildman–Crippen LogP) is 3.32. The van der Waals surface area contributed by atoms with E-state index in [1.54, 1.807) is 5.51 Å². The van der Waals surface area contributed by atoms with Gasteiger partial charge in [-0.15, -0.1) is 11.3 Å². The number of nitrogens with one attached hydrogen (secondary N) is 1. The first-order valence-corrected chi connectivity index (χ1v) is 11.1. The molecule has 0 bridgehead atoms. The SMILES string of the molecule is O=C(Cc1c[nH]c2ccccc12)N1CCC2(CCCN(C(=O)c3cscn3)C2)C1. The molecule has 2 saturated heterocycles. The third-order valence-electron chi connectivity index (χ3n) is 6.41. The summed E-state index contributed by atoms with van der Waals surface area (Å²) in [6.07, 6.45) is 5.39. The number of piperidine rings is 1. The van der Waals surface area contributed by atoms with E-state index in [-0.39, 0.29) is 17.2 Å². The van der Waals surface area contributed by atoms with Crippen molar-refractivity contribution >= 4 is 34.1 Å². The molecule has 1 aromatic carbocycles. The van der Waals surface area contributed by atoms with Crippen molar-refractivity contribution in [2.45, 2.75) is 25.7 Å². The Balaban J connectivity index is 1.26. The van der Waals surface area contributed by atoms with Crippen LogP contribution in [-0.2, 0) is 11.2 Å². The number of aromatic nitrogens is 2. The van der Waals surface area contributed by atoms with Gasteiger partial charge in [0.2, 0.25) is 5.91 Å². The molecule has 2 aliphatic heterocycles. The number of hydrogen-bond acceptors (Lipinski definition) is 4. The molecule has 2 amide bonds. The molecule has 1 atom stereocenters. The van der Waals surface area contributed by atoms with Gasteiger partial charge in [-0.2, -0.15) is 0 Å². The molecule has 1 spiro atoms. The van der Waals surface area contributed by atoms with E-state index in [4.69, 9.17) is 0 Å². The van der Waals surface area contributed by atoms with Crippen molar-refractivity contribution in [3.63, 3.8) is 0 Å². The van der Waals surface area contributed by atoms with Crippen LogP contribution >= 0.6 is 11.3 Å². The molecule has 150 valence electrons. The van der Waals surface area contributed by atoms with Gasteiger partial charge in [-0.05, 0) is 30.9 Å². The number of amides is 2. The average molecular weight is 409 g/mol. The molecule has 2 aliphatic rings. The maximum absolute atomic E-state index is 13.0. The van der Waals surface area contributed by atoms with Gasteiger partial charge in [-0.1, -0.05) is 18.2 Å². The molecule has 3 aromatic rings. The third kappa shape index (κ3) is 3.44. The molecule has 6 nitrogen and oxygen atoms in total. The Morgan fingerprint density at radius 3 is 2.86 bits per heavy atom. The standard InChI is InChI=1S/C22H24N4O2S/c27-20(10-16-11-23-18-5-2-1-4-17(16)18)25-9-7-22(13-25)6-3-8-26(14-22)21(28)19-12-29-15-24-19/h1-2,4-5,11-12,15,23H,3,6-10,13-14H2. The number of H-pyrrole nitrogens is 1. The Bertz CT molecular complexity index is 1040. The van der Waals surface area contributed by atoms with Crippen LogP contribution in [0.3, 0.4) is 0 Å². The van der Waals surface area contributed by atoms with Crippen molar-refractivity contribution in [3.05, 3.63) is 52.6 Å². The number of carbonyl (C=O) groups excluding carboxylic acids is 2. The van der Waals surface area contributed by atoms with Gasteiger partial charge in [0.05, 0.1) is 11.9 Å². The number of fused-ring (bicyclic) bond motifs is 1. The molecule has 1 unspecified atom stereocenters. The number of nitrogens with zero attached hydrogens (tertiary/aromatic N) is 3. The second-order valence-corrected chi connectivity index (χ2v) is 9.02. The number of para-hydroxylation sites is 1. The third-order valence-corrected chi connectivity index (χ3v) is 6.99. The minimum Gasteiger partial charge on any atom is -0.361 e. The fraction of sp³-hybridized carbons (Fsp3) is 0.409. The predicted molar refractivity (Wildman–Crippen MR) is 113 cm³/mol. The Morgan fingerprint density at radius 1 is 1.14 bits per heavy atom. The summed E-state index contributed by atoms with van der Waals surface area (Å²) in [4.78, 5) is 37.1. The zero-order chi connectivity index (χ0) is 19.8. The first kappa shape index (κ1) is 18.4. The zero-order valence-electron chi connectivity index (χ0n) is 16.3. The van der Waals surface area contributed by atoms with Gasteiger partial charge >= 0.3 is 0 Å².